The Morgan fingerprint density at radius 3 is 2.82 bits per heavy atom. The Hall–Kier alpha value is -3.10. The Kier molecular flexibility index (Phi) is 4.32. The molecule has 0 radical (unpaired) electrons. The molecule has 0 N–H and O–H groups in total. The number of halogens is 1. The molecule has 33 heavy (non-hydrogen) atoms. The number of pyridine rings is 2. The van der Waals surface area contributed by atoms with Gasteiger partial charge in [0, 0.05) is 17.0 Å². The number of carbonyl (C=O) groups excluding carboxylic acids is 1. The number of cyclic esters (lactones) is 1. The number of hydrogen-bond donors (Lipinski definition) is 0. The second-order valence-corrected chi connectivity index (χ2v) is 9.25. The quantitative estimate of drug-likeness (QED) is 0.342. The molecule has 0 spiro atoms. The number of nitrogens with zero attached hydrogens (tertiary/aromatic N) is 3. The maximum absolute atomic E-state index is 14.7. The smallest absolute Gasteiger partial charge is 0.327 e. The van der Waals surface area contributed by atoms with E-state index in [1.807, 2.05) is 6.92 Å². The molecule has 8 heteroatoms. The van der Waals surface area contributed by atoms with Crippen molar-refractivity contribution >= 4 is 16.9 Å². The minimum atomic E-state index is -1.18. The third-order valence-corrected chi connectivity index (χ3v) is 7.53. The van der Waals surface area contributed by atoms with E-state index in [1.165, 1.54) is 6.07 Å². The van der Waals surface area contributed by atoms with Crippen molar-refractivity contribution in [3.8, 4) is 11.4 Å². The van der Waals surface area contributed by atoms with Crippen LogP contribution in [0.25, 0.3) is 22.3 Å². The van der Waals surface area contributed by atoms with Crippen LogP contribution in [0.3, 0.4) is 0 Å². The van der Waals surface area contributed by atoms with Gasteiger partial charge in [0.05, 0.1) is 29.0 Å². The fourth-order valence-corrected chi connectivity index (χ4v) is 5.79. The molecule has 4 heterocycles. The summed E-state index contributed by atoms with van der Waals surface area (Å²) in [6.45, 7) is 5.92. The van der Waals surface area contributed by atoms with Gasteiger partial charge in [0.1, 0.15) is 18.5 Å². The van der Waals surface area contributed by atoms with E-state index in [9.17, 15) is 19.2 Å². The molecule has 3 aromatic rings. The molecule has 0 fully saturated rings. The molecule has 0 bridgehead atoms. The summed E-state index contributed by atoms with van der Waals surface area (Å²) in [5.74, 6) is -0.686. The largest absolute Gasteiger partial charge is 0.784 e. The summed E-state index contributed by atoms with van der Waals surface area (Å²) in [5, 5.41) is 14.1. The summed E-state index contributed by atoms with van der Waals surface area (Å²) < 4.78 is 21.6. The highest BCUT2D eigenvalue weighted by Crippen LogP contribution is 2.45. The van der Waals surface area contributed by atoms with E-state index in [-0.39, 0.29) is 30.4 Å². The first-order valence-electron chi connectivity index (χ1n) is 11.3. The Labute approximate surface area is 189 Å². The lowest BCUT2D eigenvalue weighted by Gasteiger charge is -2.37. The van der Waals surface area contributed by atoms with Crippen molar-refractivity contribution in [3.63, 3.8) is 0 Å². The molecule has 2 atom stereocenters. The maximum atomic E-state index is 14.7. The van der Waals surface area contributed by atoms with Gasteiger partial charge in [0.15, 0.2) is 0 Å². The Morgan fingerprint density at radius 2 is 2.06 bits per heavy atom. The van der Waals surface area contributed by atoms with Gasteiger partial charge in [0.2, 0.25) is 0 Å². The predicted octanol–water partition coefficient (Wildman–Crippen LogP) is 3.84. The summed E-state index contributed by atoms with van der Waals surface area (Å²) in [6.07, 6.45) is 1.70. The number of rotatable bonds is 2. The lowest BCUT2D eigenvalue weighted by Crippen LogP contribution is -2.38. The number of fused-ring (bicyclic) bond motifs is 5. The van der Waals surface area contributed by atoms with E-state index in [2.05, 4.69) is 6.92 Å². The number of likely N-dealkylation sites (N-methyl/N-ethyl adjacent to an activating group) is 1. The van der Waals surface area contributed by atoms with Gasteiger partial charge in [-0.15, -0.1) is 0 Å². The Morgan fingerprint density at radius 1 is 1.27 bits per heavy atom. The number of hydrogen-bond acceptors (Lipinski definition) is 6. The Bertz CT molecular complexity index is 1440. The third kappa shape index (κ3) is 2.65. The number of carbonyl (C=O) groups is 1. The normalized spacial score (nSPS) is 20.6. The van der Waals surface area contributed by atoms with Gasteiger partial charge in [-0.1, -0.05) is 13.8 Å². The lowest BCUT2D eigenvalue weighted by atomic mass is 9.79. The monoisotopic (exact) mass is 448 g/mol. The van der Waals surface area contributed by atoms with Crippen molar-refractivity contribution in [3.05, 3.63) is 66.9 Å². The summed E-state index contributed by atoms with van der Waals surface area (Å²) in [7, 11) is 0. The highest BCUT2D eigenvalue weighted by atomic mass is 19.1. The zero-order valence-electron chi connectivity index (χ0n) is 18.7. The molecular weight excluding hydrogens is 425 g/mol. The van der Waals surface area contributed by atoms with Crippen molar-refractivity contribution in [1.82, 2.24) is 14.6 Å². The molecule has 7 nitrogen and oxygen atoms in total. The fourth-order valence-electron chi connectivity index (χ4n) is 5.79. The molecule has 6 rings (SSSR count). The molecule has 1 unspecified atom stereocenters. The van der Waals surface area contributed by atoms with Crippen molar-refractivity contribution in [2.75, 3.05) is 6.54 Å². The number of hydroxylamine groups is 2. The van der Waals surface area contributed by atoms with Crippen LogP contribution in [0.1, 0.15) is 65.6 Å². The van der Waals surface area contributed by atoms with Crippen LogP contribution in [0.15, 0.2) is 16.9 Å². The molecule has 2 aliphatic heterocycles. The number of esters is 1. The van der Waals surface area contributed by atoms with Crippen molar-refractivity contribution in [1.29, 1.82) is 0 Å². The predicted molar refractivity (Wildman–Crippen MR) is 120 cm³/mol. The van der Waals surface area contributed by atoms with Crippen LogP contribution in [0.4, 0.5) is 4.39 Å². The molecule has 2 aromatic heterocycles. The first kappa shape index (κ1) is 20.5. The van der Waals surface area contributed by atoms with Gasteiger partial charge in [-0.25, -0.2) is 14.2 Å². The Balaban J connectivity index is 1.66. The van der Waals surface area contributed by atoms with Gasteiger partial charge in [-0.2, -0.15) is 0 Å². The number of benzene rings is 1. The van der Waals surface area contributed by atoms with E-state index in [0.29, 0.717) is 45.2 Å². The summed E-state index contributed by atoms with van der Waals surface area (Å²) in [4.78, 5) is 30.7. The lowest BCUT2D eigenvalue weighted by molar-refractivity contribution is -0.152. The molecule has 0 saturated carbocycles. The number of ether oxygens (including phenoxy) is 1. The van der Waals surface area contributed by atoms with Gasteiger partial charge in [-0.3, -0.25) is 4.79 Å². The molecule has 170 valence electrons. The van der Waals surface area contributed by atoms with Crippen LogP contribution in [-0.4, -0.2) is 27.1 Å². The van der Waals surface area contributed by atoms with E-state index in [0.717, 1.165) is 34.9 Å². The van der Waals surface area contributed by atoms with Gasteiger partial charge < -0.3 is 19.6 Å². The SMILES string of the molecule is CCN([O-])C1C(=O)OCc2c1cc1n(c2=O)Cc2c-1nc1cc(F)c(C)c3c1c2[C@@H](C)CC3. The van der Waals surface area contributed by atoms with Crippen LogP contribution in [-0.2, 0) is 29.1 Å². The van der Waals surface area contributed by atoms with E-state index in [4.69, 9.17) is 9.72 Å². The van der Waals surface area contributed by atoms with Gasteiger partial charge in [-0.05, 0) is 60.5 Å². The molecule has 3 aliphatic rings. The van der Waals surface area contributed by atoms with Crippen molar-refractivity contribution in [2.24, 2.45) is 0 Å². The second kappa shape index (κ2) is 6.95. The number of aryl methyl sites for hydroxylation is 1. The summed E-state index contributed by atoms with van der Waals surface area (Å²) in [5.41, 5.74) is 5.98. The average molecular weight is 448 g/mol. The molecular formula is C25H23FN3O4-. The van der Waals surface area contributed by atoms with E-state index < -0.39 is 12.0 Å². The number of aromatic nitrogens is 2. The minimum absolute atomic E-state index is 0.0835. The fraction of sp³-hybridized carbons (Fsp3) is 0.400. The molecule has 0 amide bonds. The standard InChI is InChI=1S/C25H23FN3O4/c1-4-29(32)23-14-7-19-22-15(9-28(19)24(30)16(14)10-33-25(23)31)20-11(2)5-6-13-12(3)17(26)8-18(27-22)21(13)20/h7-8,11,23H,4-6,9-10H2,1-3H3/q-1/t11-,23?/m0/s1. The van der Waals surface area contributed by atoms with E-state index in [1.54, 1.807) is 17.6 Å². The third-order valence-electron chi connectivity index (χ3n) is 7.53. The van der Waals surface area contributed by atoms with Crippen LogP contribution in [0.5, 0.6) is 0 Å². The zero-order valence-corrected chi connectivity index (χ0v) is 18.7. The first-order chi connectivity index (χ1) is 15.8. The average Bonchev–Trinajstić information content (AvgIpc) is 3.16. The van der Waals surface area contributed by atoms with Crippen LogP contribution >= 0.6 is 0 Å². The zero-order chi connectivity index (χ0) is 23.2. The highest BCUT2D eigenvalue weighted by molar-refractivity contribution is 5.93. The van der Waals surface area contributed by atoms with Gasteiger partial charge >= 0.3 is 5.97 Å². The van der Waals surface area contributed by atoms with Crippen molar-refractivity contribution < 1.29 is 13.9 Å². The molecule has 0 saturated heterocycles. The van der Waals surface area contributed by atoms with Crippen LogP contribution in [0.2, 0.25) is 0 Å². The molecule has 1 aliphatic carbocycles. The van der Waals surface area contributed by atoms with Crippen LogP contribution < -0.4 is 5.56 Å². The summed E-state index contributed by atoms with van der Waals surface area (Å²) >= 11 is 0. The first-order valence-corrected chi connectivity index (χ1v) is 11.3. The van der Waals surface area contributed by atoms with Crippen molar-refractivity contribution in [2.45, 2.75) is 58.7 Å². The highest BCUT2D eigenvalue weighted by Gasteiger charge is 2.37. The van der Waals surface area contributed by atoms with Crippen LogP contribution in [0, 0.1) is 17.9 Å². The van der Waals surface area contributed by atoms with E-state index >= 15 is 0 Å². The molecule has 1 aromatic carbocycles. The maximum Gasteiger partial charge on any atom is 0.327 e. The minimum Gasteiger partial charge on any atom is -0.784 e. The topological polar surface area (TPSA) is 87.5 Å². The second-order valence-electron chi connectivity index (χ2n) is 9.25. The summed E-state index contributed by atoms with van der Waals surface area (Å²) in [6, 6.07) is 2.04. The van der Waals surface area contributed by atoms with Gasteiger partial charge in [0.25, 0.3) is 5.56 Å².